The molecule has 102 valence electrons. The maximum Gasteiger partial charge on any atom is 0.0233 e. The predicted octanol–water partition coefficient (Wildman–Crippen LogP) is 3.23. The molecule has 0 spiro atoms. The SMILES string of the molecule is CC(CN)c1ccc(CN(C)C(C)C(C)C)cc1. The first-order valence-corrected chi connectivity index (χ1v) is 6.94. The lowest BCUT2D eigenvalue weighted by molar-refractivity contribution is 0.200. The third kappa shape index (κ3) is 4.11. The fourth-order valence-corrected chi connectivity index (χ4v) is 2.03. The Bertz CT molecular complexity index is 343. The quantitative estimate of drug-likeness (QED) is 0.837. The van der Waals surface area contributed by atoms with Crippen LogP contribution in [-0.4, -0.2) is 24.5 Å². The summed E-state index contributed by atoms with van der Waals surface area (Å²) in [5, 5.41) is 0. The van der Waals surface area contributed by atoms with Crippen LogP contribution in [0.5, 0.6) is 0 Å². The molecule has 1 aromatic rings. The van der Waals surface area contributed by atoms with Gasteiger partial charge in [-0.1, -0.05) is 45.0 Å². The van der Waals surface area contributed by atoms with E-state index in [0.717, 1.165) is 6.54 Å². The van der Waals surface area contributed by atoms with Crippen LogP contribution in [0.4, 0.5) is 0 Å². The van der Waals surface area contributed by atoms with E-state index in [2.05, 4.69) is 63.9 Å². The van der Waals surface area contributed by atoms with Gasteiger partial charge in [0.25, 0.3) is 0 Å². The highest BCUT2D eigenvalue weighted by atomic mass is 15.1. The Morgan fingerprint density at radius 1 is 1.06 bits per heavy atom. The Hall–Kier alpha value is -0.860. The molecule has 0 aliphatic heterocycles. The van der Waals surface area contributed by atoms with Crippen LogP contribution in [0.3, 0.4) is 0 Å². The smallest absolute Gasteiger partial charge is 0.0233 e. The summed E-state index contributed by atoms with van der Waals surface area (Å²) in [6, 6.07) is 9.48. The van der Waals surface area contributed by atoms with E-state index in [4.69, 9.17) is 5.73 Å². The van der Waals surface area contributed by atoms with Crippen LogP contribution >= 0.6 is 0 Å². The van der Waals surface area contributed by atoms with Gasteiger partial charge in [-0.2, -0.15) is 0 Å². The van der Waals surface area contributed by atoms with Crippen molar-refractivity contribution in [1.82, 2.24) is 4.90 Å². The third-order valence-electron chi connectivity index (χ3n) is 3.99. The molecule has 1 aromatic carbocycles. The summed E-state index contributed by atoms with van der Waals surface area (Å²) < 4.78 is 0. The summed E-state index contributed by atoms with van der Waals surface area (Å²) in [6.07, 6.45) is 0. The number of rotatable bonds is 6. The van der Waals surface area contributed by atoms with E-state index in [1.54, 1.807) is 0 Å². The van der Waals surface area contributed by atoms with Gasteiger partial charge in [0, 0.05) is 12.6 Å². The Balaban J connectivity index is 2.63. The molecule has 2 atom stereocenters. The molecule has 0 amide bonds. The van der Waals surface area contributed by atoms with Crippen molar-refractivity contribution in [3.05, 3.63) is 35.4 Å². The van der Waals surface area contributed by atoms with E-state index in [9.17, 15) is 0 Å². The van der Waals surface area contributed by atoms with E-state index in [1.807, 2.05) is 0 Å². The summed E-state index contributed by atoms with van der Waals surface area (Å²) in [5.74, 6) is 1.14. The van der Waals surface area contributed by atoms with E-state index in [0.29, 0.717) is 24.4 Å². The summed E-state index contributed by atoms with van der Waals surface area (Å²) in [7, 11) is 2.20. The normalized spacial score (nSPS) is 15.1. The molecule has 0 fully saturated rings. The Morgan fingerprint density at radius 2 is 1.61 bits per heavy atom. The molecule has 0 bridgehead atoms. The Kier molecular flexibility index (Phi) is 5.83. The predicted molar refractivity (Wildman–Crippen MR) is 79.7 cm³/mol. The van der Waals surface area contributed by atoms with E-state index in [-0.39, 0.29) is 0 Å². The highest BCUT2D eigenvalue weighted by Gasteiger charge is 2.13. The number of nitrogens with two attached hydrogens (primary N) is 1. The average molecular weight is 248 g/mol. The minimum absolute atomic E-state index is 0.450. The molecule has 2 unspecified atom stereocenters. The van der Waals surface area contributed by atoms with Crippen LogP contribution in [0.15, 0.2) is 24.3 Å². The molecular formula is C16H28N2. The van der Waals surface area contributed by atoms with Gasteiger partial charge in [-0.05, 0) is 43.5 Å². The largest absolute Gasteiger partial charge is 0.330 e. The second-order valence-corrected chi connectivity index (χ2v) is 5.78. The van der Waals surface area contributed by atoms with Crippen molar-refractivity contribution in [3.8, 4) is 0 Å². The van der Waals surface area contributed by atoms with Crippen LogP contribution in [0.25, 0.3) is 0 Å². The molecule has 2 heteroatoms. The van der Waals surface area contributed by atoms with E-state index in [1.165, 1.54) is 11.1 Å². The van der Waals surface area contributed by atoms with Crippen molar-refractivity contribution >= 4 is 0 Å². The summed E-state index contributed by atoms with van der Waals surface area (Å²) in [5.41, 5.74) is 8.39. The van der Waals surface area contributed by atoms with Crippen molar-refractivity contribution in [2.24, 2.45) is 11.7 Å². The average Bonchev–Trinajstić information content (AvgIpc) is 2.37. The second-order valence-electron chi connectivity index (χ2n) is 5.78. The zero-order valence-electron chi connectivity index (χ0n) is 12.5. The van der Waals surface area contributed by atoms with Gasteiger partial charge in [-0.15, -0.1) is 0 Å². The summed E-state index contributed by atoms with van der Waals surface area (Å²) in [6.45, 7) is 10.7. The first-order valence-electron chi connectivity index (χ1n) is 6.94. The lowest BCUT2D eigenvalue weighted by Crippen LogP contribution is -2.32. The molecule has 0 aromatic heterocycles. The Labute approximate surface area is 112 Å². The van der Waals surface area contributed by atoms with Crippen LogP contribution < -0.4 is 5.73 Å². The van der Waals surface area contributed by atoms with Crippen LogP contribution in [0, 0.1) is 5.92 Å². The fourth-order valence-electron chi connectivity index (χ4n) is 2.03. The van der Waals surface area contributed by atoms with Crippen LogP contribution in [0.2, 0.25) is 0 Å². The highest BCUT2D eigenvalue weighted by molar-refractivity contribution is 5.25. The minimum atomic E-state index is 0.450. The molecule has 0 aliphatic carbocycles. The van der Waals surface area contributed by atoms with Crippen LogP contribution in [-0.2, 0) is 6.54 Å². The molecule has 2 N–H and O–H groups in total. The molecule has 0 heterocycles. The molecule has 1 rings (SSSR count). The van der Waals surface area contributed by atoms with Gasteiger partial charge in [0.2, 0.25) is 0 Å². The lowest BCUT2D eigenvalue weighted by Gasteiger charge is -2.28. The maximum absolute atomic E-state index is 5.69. The van der Waals surface area contributed by atoms with Gasteiger partial charge in [0.05, 0.1) is 0 Å². The van der Waals surface area contributed by atoms with Gasteiger partial charge >= 0.3 is 0 Å². The van der Waals surface area contributed by atoms with Crippen molar-refractivity contribution in [2.45, 2.75) is 46.2 Å². The summed E-state index contributed by atoms with van der Waals surface area (Å²) in [4.78, 5) is 2.41. The zero-order chi connectivity index (χ0) is 13.7. The van der Waals surface area contributed by atoms with Crippen molar-refractivity contribution in [1.29, 1.82) is 0 Å². The minimum Gasteiger partial charge on any atom is -0.330 e. The van der Waals surface area contributed by atoms with E-state index < -0.39 is 0 Å². The standard InChI is InChI=1S/C16H28N2/c1-12(2)14(4)18(5)11-15-6-8-16(9-7-15)13(3)10-17/h6-9,12-14H,10-11,17H2,1-5H3. The van der Waals surface area contributed by atoms with Crippen molar-refractivity contribution in [3.63, 3.8) is 0 Å². The van der Waals surface area contributed by atoms with Gasteiger partial charge in [0.1, 0.15) is 0 Å². The first-order chi connectivity index (χ1) is 8.45. The second kappa shape index (κ2) is 6.91. The maximum atomic E-state index is 5.69. The number of benzene rings is 1. The zero-order valence-corrected chi connectivity index (χ0v) is 12.5. The van der Waals surface area contributed by atoms with Gasteiger partial charge < -0.3 is 5.73 Å². The third-order valence-corrected chi connectivity index (χ3v) is 3.99. The topological polar surface area (TPSA) is 29.3 Å². The van der Waals surface area contributed by atoms with Gasteiger partial charge in [-0.25, -0.2) is 0 Å². The molecule has 0 saturated carbocycles. The fraction of sp³-hybridized carbons (Fsp3) is 0.625. The molecule has 2 nitrogen and oxygen atoms in total. The van der Waals surface area contributed by atoms with Gasteiger partial charge in [0.15, 0.2) is 0 Å². The van der Waals surface area contributed by atoms with E-state index >= 15 is 0 Å². The van der Waals surface area contributed by atoms with Crippen molar-refractivity contribution in [2.75, 3.05) is 13.6 Å². The van der Waals surface area contributed by atoms with Crippen LogP contribution in [0.1, 0.15) is 44.7 Å². The van der Waals surface area contributed by atoms with Gasteiger partial charge in [-0.3, -0.25) is 4.90 Å². The number of nitrogens with zero attached hydrogens (tertiary/aromatic N) is 1. The first kappa shape index (κ1) is 15.2. The molecule has 0 saturated heterocycles. The Morgan fingerprint density at radius 3 is 2.06 bits per heavy atom. The highest BCUT2D eigenvalue weighted by Crippen LogP contribution is 2.17. The number of hydrogen-bond acceptors (Lipinski definition) is 2. The molecule has 0 aliphatic rings. The molecule has 18 heavy (non-hydrogen) atoms. The monoisotopic (exact) mass is 248 g/mol. The lowest BCUT2D eigenvalue weighted by atomic mass is 9.99. The number of hydrogen-bond donors (Lipinski definition) is 1. The van der Waals surface area contributed by atoms with Crippen molar-refractivity contribution < 1.29 is 0 Å². The summed E-state index contributed by atoms with van der Waals surface area (Å²) >= 11 is 0. The molecular weight excluding hydrogens is 220 g/mol. The molecule has 0 radical (unpaired) electrons.